The van der Waals surface area contributed by atoms with Crippen molar-refractivity contribution >= 4 is 5.91 Å². The third kappa shape index (κ3) is 3.44. The van der Waals surface area contributed by atoms with E-state index in [1.54, 1.807) is 4.90 Å². The average molecular weight is 290 g/mol. The summed E-state index contributed by atoms with van der Waals surface area (Å²) >= 11 is 0. The lowest BCUT2D eigenvalue weighted by atomic mass is 9.84. The average Bonchev–Trinajstić information content (AvgIpc) is 2.93. The summed E-state index contributed by atoms with van der Waals surface area (Å²) in [6, 6.07) is 9.83. The Labute approximate surface area is 127 Å². The van der Waals surface area contributed by atoms with Crippen LogP contribution in [0.3, 0.4) is 0 Å². The molecule has 0 spiro atoms. The van der Waals surface area contributed by atoms with E-state index in [0.717, 1.165) is 12.0 Å². The molecule has 0 aliphatic carbocycles. The number of benzene rings is 1. The zero-order chi connectivity index (χ0) is 15.4. The first kappa shape index (κ1) is 16.0. The summed E-state index contributed by atoms with van der Waals surface area (Å²) in [5.74, 6) is 0.228. The van der Waals surface area contributed by atoms with Gasteiger partial charge in [0.2, 0.25) is 5.91 Å². The van der Waals surface area contributed by atoms with Crippen LogP contribution < -0.4 is 5.32 Å². The molecule has 2 rings (SSSR count). The molecule has 1 fully saturated rings. The Balaban J connectivity index is 2.22. The van der Waals surface area contributed by atoms with Crippen molar-refractivity contribution in [3.8, 4) is 0 Å². The van der Waals surface area contributed by atoms with E-state index in [9.17, 15) is 9.90 Å². The number of carbonyl (C=O) groups is 1. The zero-order valence-corrected chi connectivity index (χ0v) is 13.1. The lowest BCUT2D eigenvalue weighted by Crippen LogP contribution is -2.47. The molecule has 4 nitrogen and oxygen atoms in total. The molecule has 1 aromatic carbocycles. The Bertz CT molecular complexity index is 463. The van der Waals surface area contributed by atoms with E-state index >= 15 is 0 Å². The van der Waals surface area contributed by atoms with Crippen LogP contribution in [0.15, 0.2) is 30.3 Å². The van der Waals surface area contributed by atoms with Crippen molar-refractivity contribution in [3.05, 3.63) is 35.9 Å². The molecule has 0 saturated carbocycles. The van der Waals surface area contributed by atoms with Gasteiger partial charge in [-0.05, 0) is 11.5 Å². The molecule has 1 aliphatic rings. The van der Waals surface area contributed by atoms with Gasteiger partial charge >= 0.3 is 0 Å². The van der Waals surface area contributed by atoms with Gasteiger partial charge in [-0.25, -0.2) is 0 Å². The van der Waals surface area contributed by atoms with Gasteiger partial charge in [-0.1, -0.05) is 50.6 Å². The van der Waals surface area contributed by atoms with E-state index in [1.165, 1.54) is 0 Å². The third-order valence-electron chi connectivity index (χ3n) is 4.63. The quantitative estimate of drug-likeness (QED) is 0.866. The van der Waals surface area contributed by atoms with Gasteiger partial charge in [0.15, 0.2) is 0 Å². The predicted molar refractivity (Wildman–Crippen MR) is 84.1 cm³/mol. The predicted octanol–water partition coefficient (Wildman–Crippen LogP) is 1.61. The molecular weight excluding hydrogens is 264 g/mol. The van der Waals surface area contributed by atoms with Crippen LogP contribution in [0.1, 0.15) is 31.7 Å². The van der Waals surface area contributed by atoms with Gasteiger partial charge in [0.25, 0.3) is 0 Å². The van der Waals surface area contributed by atoms with Gasteiger partial charge in [0.05, 0.1) is 18.1 Å². The Hall–Kier alpha value is -1.39. The molecule has 116 valence electrons. The SMILES string of the molecule is CCC(C)C(C(=O)N(C)[C@H]1CNC[C@@H]1O)c1ccccc1. The van der Waals surface area contributed by atoms with Crippen LogP contribution in [0.25, 0.3) is 0 Å². The number of amides is 1. The Morgan fingerprint density at radius 3 is 2.57 bits per heavy atom. The minimum atomic E-state index is -0.479. The van der Waals surface area contributed by atoms with E-state index in [-0.39, 0.29) is 23.8 Å². The molecule has 1 aromatic rings. The highest BCUT2D eigenvalue weighted by Crippen LogP contribution is 2.29. The maximum absolute atomic E-state index is 13.0. The number of aliphatic hydroxyl groups excluding tert-OH is 1. The molecule has 0 aromatic heterocycles. The second-order valence-electron chi connectivity index (χ2n) is 6.02. The number of hydrogen-bond donors (Lipinski definition) is 2. The van der Waals surface area contributed by atoms with Crippen molar-refractivity contribution in [2.75, 3.05) is 20.1 Å². The van der Waals surface area contributed by atoms with Crippen LogP contribution in [0.2, 0.25) is 0 Å². The molecule has 2 N–H and O–H groups in total. The molecule has 0 radical (unpaired) electrons. The molecule has 1 amide bonds. The molecule has 4 atom stereocenters. The molecular formula is C17H26N2O2. The van der Waals surface area contributed by atoms with Gasteiger partial charge < -0.3 is 15.3 Å². The summed E-state index contributed by atoms with van der Waals surface area (Å²) in [6.07, 6.45) is 0.470. The van der Waals surface area contributed by atoms with Gasteiger partial charge in [0, 0.05) is 20.1 Å². The Morgan fingerprint density at radius 2 is 2.05 bits per heavy atom. The summed E-state index contributed by atoms with van der Waals surface area (Å²) in [7, 11) is 1.81. The van der Waals surface area contributed by atoms with E-state index in [1.807, 2.05) is 37.4 Å². The molecule has 21 heavy (non-hydrogen) atoms. The van der Waals surface area contributed by atoms with Crippen LogP contribution in [0.5, 0.6) is 0 Å². The molecule has 1 heterocycles. The standard InChI is InChI=1S/C17H26N2O2/c1-4-12(2)16(13-8-6-5-7-9-13)17(21)19(3)14-10-18-11-15(14)20/h5-9,12,14-16,18,20H,4,10-11H2,1-3H3/t12?,14-,15-,16?/m0/s1. The number of carbonyl (C=O) groups excluding carboxylic acids is 1. The zero-order valence-electron chi connectivity index (χ0n) is 13.1. The topological polar surface area (TPSA) is 52.6 Å². The molecule has 2 unspecified atom stereocenters. The van der Waals surface area contributed by atoms with Crippen LogP contribution in [0, 0.1) is 5.92 Å². The summed E-state index contributed by atoms with van der Waals surface area (Å²) in [5, 5.41) is 13.1. The first-order valence-electron chi connectivity index (χ1n) is 7.76. The van der Waals surface area contributed by atoms with Gasteiger partial charge in [0.1, 0.15) is 0 Å². The van der Waals surface area contributed by atoms with Crippen molar-refractivity contribution < 1.29 is 9.90 Å². The molecule has 1 aliphatic heterocycles. The van der Waals surface area contributed by atoms with Crippen LogP contribution in [0.4, 0.5) is 0 Å². The van der Waals surface area contributed by atoms with E-state index in [4.69, 9.17) is 0 Å². The first-order valence-corrected chi connectivity index (χ1v) is 7.76. The van der Waals surface area contributed by atoms with Crippen molar-refractivity contribution in [1.29, 1.82) is 0 Å². The highest BCUT2D eigenvalue weighted by Gasteiger charge is 2.36. The monoisotopic (exact) mass is 290 g/mol. The minimum absolute atomic E-state index is 0.100. The summed E-state index contributed by atoms with van der Waals surface area (Å²) in [6.45, 7) is 5.44. The Morgan fingerprint density at radius 1 is 1.38 bits per heavy atom. The molecule has 0 bridgehead atoms. The minimum Gasteiger partial charge on any atom is -0.390 e. The highest BCUT2D eigenvalue weighted by atomic mass is 16.3. The lowest BCUT2D eigenvalue weighted by molar-refractivity contribution is -0.136. The number of β-amino-alcohol motifs (C(OH)–C–C–N with tert-alkyl or cyclic N) is 1. The van der Waals surface area contributed by atoms with Crippen molar-refractivity contribution in [2.24, 2.45) is 5.92 Å². The number of aliphatic hydroxyl groups is 1. The first-order chi connectivity index (χ1) is 10.1. The summed E-state index contributed by atoms with van der Waals surface area (Å²) in [5.41, 5.74) is 1.06. The Kier molecular flexibility index (Phi) is 5.37. The number of hydrogen-bond acceptors (Lipinski definition) is 3. The van der Waals surface area contributed by atoms with Crippen LogP contribution in [-0.2, 0) is 4.79 Å². The van der Waals surface area contributed by atoms with E-state index in [0.29, 0.717) is 13.1 Å². The summed E-state index contributed by atoms with van der Waals surface area (Å²) in [4.78, 5) is 14.7. The fourth-order valence-corrected chi connectivity index (χ4v) is 3.04. The smallest absolute Gasteiger partial charge is 0.230 e. The maximum atomic E-state index is 13.0. The lowest BCUT2D eigenvalue weighted by Gasteiger charge is -2.32. The number of likely N-dealkylation sites (N-methyl/N-ethyl adjacent to an activating group) is 1. The number of rotatable bonds is 5. The van der Waals surface area contributed by atoms with Crippen molar-refractivity contribution in [3.63, 3.8) is 0 Å². The fraction of sp³-hybridized carbons (Fsp3) is 0.588. The number of nitrogens with one attached hydrogen (secondary N) is 1. The second-order valence-corrected chi connectivity index (χ2v) is 6.02. The normalized spacial score (nSPS) is 24.6. The van der Waals surface area contributed by atoms with E-state index < -0.39 is 6.10 Å². The van der Waals surface area contributed by atoms with Gasteiger partial charge in [-0.2, -0.15) is 0 Å². The largest absolute Gasteiger partial charge is 0.390 e. The second kappa shape index (κ2) is 7.05. The van der Waals surface area contributed by atoms with Crippen LogP contribution in [-0.4, -0.2) is 48.2 Å². The van der Waals surface area contributed by atoms with Crippen LogP contribution >= 0.6 is 0 Å². The fourth-order valence-electron chi connectivity index (χ4n) is 3.04. The van der Waals surface area contributed by atoms with Crippen molar-refractivity contribution in [2.45, 2.75) is 38.3 Å². The highest BCUT2D eigenvalue weighted by molar-refractivity contribution is 5.84. The summed E-state index contributed by atoms with van der Waals surface area (Å²) < 4.78 is 0. The number of nitrogens with zero attached hydrogens (tertiary/aromatic N) is 1. The van der Waals surface area contributed by atoms with Crippen molar-refractivity contribution in [1.82, 2.24) is 10.2 Å². The maximum Gasteiger partial charge on any atom is 0.230 e. The van der Waals surface area contributed by atoms with Gasteiger partial charge in [-0.3, -0.25) is 4.79 Å². The molecule has 4 heteroatoms. The van der Waals surface area contributed by atoms with E-state index in [2.05, 4.69) is 19.2 Å². The molecule has 1 saturated heterocycles. The van der Waals surface area contributed by atoms with Gasteiger partial charge in [-0.15, -0.1) is 0 Å². The third-order valence-corrected chi connectivity index (χ3v) is 4.63.